The summed E-state index contributed by atoms with van der Waals surface area (Å²) in [6.07, 6.45) is 3.09. The first kappa shape index (κ1) is 13.3. The van der Waals surface area contributed by atoms with Gasteiger partial charge in [0.1, 0.15) is 6.04 Å². The van der Waals surface area contributed by atoms with E-state index in [0.717, 1.165) is 19.3 Å². The first-order valence-electron chi connectivity index (χ1n) is 6.44. The van der Waals surface area contributed by atoms with E-state index in [-0.39, 0.29) is 30.9 Å². The van der Waals surface area contributed by atoms with E-state index in [1.165, 1.54) is 0 Å². The minimum absolute atomic E-state index is 0.0249. The van der Waals surface area contributed by atoms with Crippen LogP contribution in [0.4, 0.5) is 0 Å². The smallest absolute Gasteiger partial charge is 0.326 e. The van der Waals surface area contributed by atoms with Gasteiger partial charge < -0.3 is 21.3 Å². The molecule has 0 aromatic rings. The van der Waals surface area contributed by atoms with Crippen molar-refractivity contribution in [3.63, 3.8) is 0 Å². The predicted octanol–water partition coefficient (Wildman–Crippen LogP) is -0.688. The molecule has 2 rings (SSSR count). The zero-order valence-electron chi connectivity index (χ0n) is 10.2. The number of aliphatic carboxylic acids is 1. The van der Waals surface area contributed by atoms with Crippen LogP contribution in [0.15, 0.2) is 0 Å². The highest BCUT2D eigenvalue weighted by atomic mass is 16.4. The summed E-state index contributed by atoms with van der Waals surface area (Å²) in [5, 5.41) is 20.2. The summed E-state index contributed by atoms with van der Waals surface area (Å²) < 4.78 is 0. The summed E-state index contributed by atoms with van der Waals surface area (Å²) in [4.78, 5) is 23.0. The van der Waals surface area contributed by atoms with E-state index < -0.39 is 12.0 Å². The third kappa shape index (κ3) is 2.35. The Morgan fingerprint density at radius 1 is 1.33 bits per heavy atom. The standard InChI is InChI=1S/C12H20N2O4/c13-10-7-2-1-6(5-7)9(10)11(16)14-8(3-4-15)12(17)18/h6-10,15H,1-5,13H2,(H,14,16)(H,17,18)/t6?,7?,8-,9?,10?/m0/s1. The van der Waals surface area contributed by atoms with Crippen molar-refractivity contribution in [3.05, 3.63) is 0 Å². The van der Waals surface area contributed by atoms with E-state index in [4.69, 9.17) is 15.9 Å². The Bertz CT molecular complexity index is 345. The molecule has 0 spiro atoms. The highest BCUT2D eigenvalue weighted by Crippen LogP contribution is 2.47. The van der Waals surface area contributed by atoms with Gasteiger partial charge in [-0.3, -0.25) is 4.79 Å². The van der Waals surface area contributed by atoms with Gasteiger partial charge >= 0.3 is 5.97 Å². The average molecular weight is 256 g/mol. The van der Waals surface area contributed by atoms with Gasteiger partial charge in [0.25, 0.3) is 0 Å². The van der Waals surface area contributed by atoms with Gasteiger partial charge in [0.15, 0.2) is 0 Å². The highest BCUT2D eigenvalue weighted by molar-refractivity contribution is 5.86. The fourth-order valence-corrected chi connectivity index (χ4v) is 3.38. The number of aliphatic hydroxyl groups is 1. The van der Waals surface area contributed by atoms with Crippen LogP contribution in [-0.4, -0.2) is 40.8 Å². The molecule has 0 aromatic heterocycles. The second-order valence-corrected chi connectivity index (χ2v) is 5.35. The van der Waals surface area contributed by atoms with Gasteiger partial charge in [-0.15, -0.1) is 0 Å². The number of hydrogen-bond acceptors (Lipinski definition) is 4. The Morgan fingerprint density at radius 2 is 2.00 bits per heavy atom. The summed E-state index contributed by atoms with van der Waals surface area (Å²) in [5.41, 5.74) is 6.03. The Kier molecular flexibility index (Phi) is 3.87. The van der Waals surface area contributed by atoms with E-state index in [2.05, 4.69) is 5.32 Å². The third-order valence-corrected chi connectivity index (χ3v) is 4.32. The first-order chi connectivity index (χ1) is 8.54. The summed E-state index contributed by atoms with van der Waals surface area (Å²) in [5.74, 6) is -0.936. The van der Waals surface area contributed by atoms with Gasteiger partial charge in [0.05, 0.1) is 5.92 Å². The van der Waals surface area contributed by atoms with Gasteiger partial charge in [-0.05, 0) is 31.1 Å². The van der Waals surface area contributed by atoms with E-state index in [1.807, 2.05) is 0 Å². The SMILES string of the molecule is NC1C2CCC(C2)C1C(=O)N[C@@H](CCO)C(=O)O. The maximum atomic E-state index is 12.1. The van der Waals surface area contributed by atoms with Crippen LogP contribution >= 0.6 is 0 Å². The summed E-state index contributed by atoms with van der Waals surface area (Å²) in [7, 11) is 0. The predicted molar refractivity (Wildman–Crippen MR) is 63.6 cm³/mol. The molecule has 2 fully saturated rings. The Morgan fingerprint density at radius 3 is 2.50 bits per heavy atom. The lowest BCUT2D eigenvalue weighted by atomic mass is 9.84. The molecule has 5 N–H and O–H groups in total. The number of nitrogens with two attached hydrogens (primary N) is 1. The van der Waals surface area contributed by atoms with E-state index in [1.54, 1.807) is 0 Å². The second-order valence-electron chi connectivity index (χ2n) is 5.35. The molecule has 0 aromatic carbocycles. The van der Waals surface area contributed by atoms with Crippen molar-refractivity contribution in [1.82, 2.24) is 5.32 Å². The molecule has 1 amide bonds. The fourth-order valence-electron chi connectivity index (χ4n) is 3.38. The van der Waals surface area contributed by atoms with Crippen LogP contribution in [0.25, 0.3) is 0 Å². The van der Waals surface area contributed by atoms with Crippen LogP contribution in [-0.2, 0) is 9.59 Å². The van der Waals surface area contributed by atoms with Crippen LogP contribution < -0.4 is 11.1 Å². The lowest BCUT2D eigenvalue weighted by molar-refractivity contribution is -0.143. The van der Waals surface area contributed by atoms with Crippen LogP contribution in [0.3, 0.4) is 0 Å². The summed E-state index contributed by atoms with van der Waals surface area (Å²) in [6.45, 7) is -0.264. The number of fused-ring (bicyclic) bond motifs is 2. The van der Waals surface area contributed by atoms with Crippen molar-refractivity contribution < 1.29 is 19.8 Å². The Labute approximate surface area is 106 Å². The largest absolute Gasteiger partial charge is 0.480 e. The lowest BCUT2D eigenvalue weighted by Gasteiger charge is -2.28. The fraction of sp³-hybridized carbons (Fsp3) is 0.833. The molecule has 18 heavy (non-hydrogen) atoms. The number of aliphatic hydroxyl groups excluding tert-OH is 1. The Hall–Kier alpha value is -1.14. The van der Waals surface area contributed by atoms with E-state index in [9.17, 15) is 9.59 Å². The maximum absolute atomic E-state index is 12.1. The van der Waals surface area contributed by atoms with Crippen molar-refractivity contribution in [1.29, 1.82) is 0 Å². The first-order valence-corrected chi connectivity index (χ1v) is 6.44. The van der Waals surface area contributed by atoms with Gasteiger partial charge in [0.2, 0.25) is 5.91 Å². The molecular weight excluding hydrogens is 236 g/mol. The van der Waals surface area contributed by atoms with E-state index >= 15 is 0 Å². The van der Waals surface area contributed by atoms with Crippen molar-refractivity contribution in [2.24, 2.45) is 23.5 Å². The molecule has 6 nitrogen and oxygen atoms in total. The Balaban J connectivity index is 1.97. The number of amides is 1. The van der Waals surface area contributed by atoms with Crippen LogP contribution in [0.1, 0.15) is 25.7 Å². The van der Waals surface area contributed by atoms with Crippen LogP contribution in [0, 0.1) is 17.8 Å². The van der Waals surface area contributed by atoms with Crippen molar-refractivity contribution in [3.8, 4) is 0 Å². The average Bonchev–Trinajstić information content (AvgIpc) is 2.88. The number of carbonyl (C=O) groups excluding carboxylic acids is 1. The molecule has 0 aliphatic heterocycles. The molecule has 102 valence electrons. The number of carboxylic acids is 1. The maximum Gasteiger partial charge on any atom is 0.326 e. The van der Waals surface area contributed by atoms with Gasteiger partial charge in [-0.2, -0.15) is 0 Å². The molecule has 2 aliphatic carbocycles. The molecule has 5 atom stereocenters. The van der Waals surface area contributed by atoms with E-state index in [0.29, 0.717) is 11.8 Å². The minimum atomic E-state index is -1.12. The molecule has 6 heteroatoms. The molecule has 2 aliphatic rings. The molecule has 2 bridgehead atoms. The number of carboxylic acid groups (broad SMARTS) is 1. The van der Waals surface area contributed by atoms with Crippen LogP contribution in [0.2, 0.25) is 0 Å². The summed E-state index contributed by atoms with van der Waals surface area (Å²) in [6, 6.07) is -1.17. The zero-order valence-corrected chi connectivity index (χ0v) is 10.2. The zero-order chi connectivity index (χ0) is 13.3. The minimum Gasteiger partial charge on any atom is -0.480 e. The topological polar surface area (TPSA) is 113 Å². The normalized spacial score (nSPS) is 35.4. The number of carbonyl (C=O) groups is 2. The van der Waals surface area contributed by atoms with Crippen LogP contribution in [0.5, 0.6) is 0 Å². The molecule has 4 unspecified atom stereocenters. The van der Waals surface area contributed by atoms with Crippen molar-refractivity contribution in [2.45, 2.75) is 37.8 Å². The van der Waals surface area contributed by atoms with Gasteiger partial charge in [0, 0.05) is 19.1 Å². The third-order valence-electron chi connectivity index (χ3n) is 4.32. The molecular formula is C12H20N2O4. The number of nitrogens with one attached hydrogen (secondary N) is 1. The molecule has 0 saturated heterocycles. The van der Waals surface area contributed by atoms with Crippen molar-refractivity contribution >= 4 is 11.9 Å². The second kappa shape index (κ2) is 5.24. The number of hydrogen-bond donors (Lipinski definition) is 4. The molecule has 0 radical (unpaired) electrons. The van der Waals surface area contributed by atoms with Crippen molar-refractivity contribution in [2.75, 3.05) is 6.61 Å². The summed E-state index contributed by atoms with van der Waals surface area (Å²) >= 11 is 0. The highest BCUT2D eigenvalue weighted by Gasteiger charge is 2.49. The van der Waals surface area contributed by atoms with Gasteiger partial charge in [-0.1, -0.05) is 0 Å². The lowest BCUT2D eigenvalue weighted by Crippen LogP contribution is -2.50. The van der Waals surface area contributed by atoms with Gasteiger partial charge in [-0.25, -0.2) is 4.79 Å². The molecule has 0 heterocycles. The number of rotatable bonds is 5. The monoisotopic (exact) mass is 256 g/mol. The molecule has 2 saturated carbocycles. The quantitative estimate of drug-likeness (QED) is 0.520.